The van der Waals surface area contributed by atoms with E-state index >= 15 is 0 Å². The summed E-state index contributed by atoms with van der Waals surface area (Å²) >= 11 is 8.84. The number of aromatic nitrogens is 2. The van der Waals surface area contributed by atoms with Crippen LogP contribution in [-0.2, 0) is 0 Å². The molecule has 4 aromatic rings. The molecule has 1 amide bonds. The number of anilines is 1. The van der Waals surface area contributed by atoms with Crippen molar-refractivity contribution in [1.82, 2.24) is 9.55 Å². The third-order valence-electron chi connectivity index (χ3n) is 4.59. The summed E-state index contributed by atoms with van der Waals surface area (Å²) in [6.45, 7) is 1.95. The highest BCUT2D eigenvalue weighted by Gasteiger charge is 2.12. The predicted molar refractivity (Wildman–Crippen MR) is 122 cm³/mol. The Balaban J connectivity index is 1.73. The van der Waals surface area contributed by atoms with Gasteiger partial charge in [0.1, 0.15) is 0 Å². The molecule has 0 spiro atoms. The molecule has 4 rings (SSSR count). The molecule has 1 aromatic heterocycles. The van der Waals surface area contributed by atoms with Crippen LogP contribution in [0.1, 0.15) is 15.9 Å². The lowest BCUT2D eigenvalue weighted by Gasteiger charge is -2.10. The first-order valence-corrected chi connectivity index (χ1v) is 10.1. The zero-order valence-electron chi connectivity index (χ0n) is 15.4. The van der Waals surface area contributed by atoms with Gasteiger partial charge in [-0.2, -0.15) is 0 Å². The first-order chi connectivity index (χ1) is 13.9. The van der Waals surface area contributed by atoms with Crippen LogP contribution in [0.25, 0.3) is 16.6 Å². The Morgan fingerprint density at radius 1 is 1.07 bits per heavy atom. The lowest BCUT2D eigenvalue weighted by Crippen LogP contribution is -2.21. The average molecular weight is 466 g/mol. The van der Waals surface area contributed by atoms with Gasteiger partial charge in [0.25, 0.3) is 11.5 Å². The highest BCUT2D eigenvalue weighted by molar-refractivity contribution is 9.10. The molecule has 5 nitrogen and oxygen atoms in total. The van der Waals surface area contributed by atoms with Gasteiger partial charge in [-0.1, -0.05) is 34.1 Å². The molecule has 2 N–H and O–H groups in total. The minimum atomic E-state index is -0.264. The molecule has 3 aromatic carbocycles. The summed E-state index contributed by atoms with van der Waals surface area (Å²) < 4.78 is 2.69. The summed E-state index contributed by atoms with van der Waals surface area (Å²) in [4.78, 5) is 28.7. The second kappa shape index (κ2) is 7.77. The maximum atomic E-state index is 13.0. The van der Waals surface area contributed by atoms with Gasteiger partial charge in [-0.3, -0.25) is 14.2 Å². The predicted octanol–water partition coefficient (Wildman–Crippen LogP) is 5.37. The second-order valence-electron chi connectivity index (χ2n) is 6.58. The molecule has 144 valence electrons. The van der Waals surface area contributed by atoms with Crippen molar-refractivity contribution >= 4 is 50.6 Å². The Kier molecular flexibility index (Phi) is 5.17. The number of nitrogens with one attached hydrogen (secondary N) is 2. The van der Waals surface area contributed by atoms with E-state index in [1.165, 1.54) is 4.57 Å². The van der Waals surface area contributed by atoms with Crippen molar-refractivity contribution in [2.24, 2.45) is 0 Å². The van der Waals surface area contributed by atoms with Crippen LogP contribution in [0.4, 0.5) is 5.69 Å². The number of benzene rings is 3. The molecule has 0 fully saturated rings. The Morgan fingerprint density at radius 3 is 2.55 bits per heavy atom. The molecule has 0 atom stereocenters. The summed E-state index contributed by atoms with van der Waals surface area (Å²) in [7, 11) is 0. The van der Waals surface area contributed by atoms with Gasteiger partial charge >= 0.3 is 0 Å². The molecule has 0 radical (unpaired) electrons. The molecule has 0 saturated carbocycles. The maximum Gasteiger partial charge on any atom is 0.266 e. The molecule has 0 aliphatic carbocycles. The highest BCUT2D eigenvalue weighted by atomic mass is 79.9. The van der Waals surface area contributed by atoms with Crippen LogP contribution < -0.4 is 10.9 Å². The largest absolute Gasteiger partial charge is 0.331 e. The first-order valence-electron chi connectivity index (χ1n) is 8.86. The summed E-state index contributed by atoms with van der Waals surface area (Å²) in [5, 5.41) is 3.33. The van der Waals surface area contributed by atoms with E-state index in [1.54, 1.807) is 18.2 Å². The Labute approximate surface area is 180 Å². The van der Waals surface area contributed by atoms with Gasteiger partial charge in [0.15, 0.2) is 4.77 Å². The molecule has 1 heterocycles. The molecule has 0 aliphatic heterocycles. The van der Waals surface area contributed by atoms with Crippen LogP contribution in [0.5, 0.6) is 0 Å². The van der Waals surface area contributed by atoms with Gasteiger partial charge in [-0.05, 0) is 73.2 Å². The lowest BCUT2D eigenvalue weighted by atomic mass is 10.1. The van der Waals surface area contributed by atoms with Crippen molar-refractivity contribution in [2.75, 3.05) is 5.32 Å². The van der Waals surface area contributed by atoms with E-state index in [4.69, 9.17) is 12.2 Å². The van der Waals surface area contributed by atoms with Gasteiger partial charge < -0.3 is 10.3 Å². The van der Waals surface area contributed by atoms with Gasteiger partial charge in [-0.15, -0.1) is 0 Å². The van der Waals surface area contributed by atoms with Crippen molar-refractivity contribution in [2.45, 2.75) is 6.92 Å². The Hall–Kier alpha value is -3.03. The zero-order chi connectivity index (χ0) is 20.5. The third-order valence-corrected chi connectivity index (χ3v) is 5.76. The lowest BCUT2D eigenvalue weighted by molar-refractivity contribution is 0.102. The molecule has 0 bridgehead atoms. The number of rotatable bonds is 3. The van der Waals surface area contributed by atoms with E-state index in [-0.39, 0.29) is 16.2 Å². The highest BCUT2D eigenvalue weighted by Crippen LogP contribution is 2.21. The number of fused-ring (bicyclic) bond motifs is 1. The van der Waals surface area contributed by atoms with E-state index in [0.717, 1.165) is 10.0 Å². The Bertz CT molecular complexity index is 1360. The minimum Gasteiger partial charge on any atom is -0.331 e. The molecule has 0 saturated heterocycles. The number of H-pyrrole nitrogens is 1. The molecular weight excluding hydrogens is 450 g/mol. The number of nitrogens with zero attached hydrogens (tertiary/aromatic N) is 1. The number of halogens is 1. The van der Waals surface area contributed by atoms with Crippen molar-refractivity contribution in [1.29, 1.82) is 0 Å². The fourth-order valence-electron chi connectivity index (χ4n) is 3.10. The van der Waals surface area contributed by atoms with E-state index < -0.39 is 0 Å². The van der Waals surface area contributed by atoms with E-state index in [9.17, 15) is 9.59 Å². The van der Waals surface area contributed by atoms with Crippen molar-refractivity contribution in [3.05, 3.63) is 97.5 Å². The fourth-order valence-corrected chi connectivity index (χ4v) is 3.64. The molecule has 7 heteroatoms. The summed E-state index contributed by atoms with van der Waals surface area (Å²) in [6, 6.07) is 19.7. The number of hydrogen-bond acceptors (Lipinski definition) is 3. The van der Waals surface area contributed by atoms with Gasteiger partial charge in [0.05, 0.1) is 16.6 Å². The standard InChI is InChI=1S/C22H16BrN3O2S/c1-13-11-15(8-10-18(13)23)24-20(27)14-7-9-17-19(12-14)25-22(29)26(21(17)28)16-5-3-2-4-6-16/h2-12H,1H3,(H,24,27)(H,25,29). The third kappa shape index (κ3) is 3.79. The maximum absolute atomic E-state index is 13.0. The monoisotopic (exact) mass is 465 g/mol. The summed E-state index contributed by atoms with van der Waals surface area (Å²) in [5.74, 6) is -0.264. The number of aromatic amines is 1. The topological polar surface area (TPSA) is 66.9 Å². The normalized spacial score (nSPS) is 10.8. The van der Waals surface area contributed by atoms with Crippen molar-refractivity contribution in [3.63, 3.8) is 0 Å². The van der Waals surface area contributed by atoms with Crippen LogP contribution in [0.2, 0.25) is 0 Å². The minimum absolute atomic E-state index is 0.231. The van der Waals surface area contributed by atoms with Gasteiger partial charge in [0.2, 0.25) is 0 Å². The number of carbonyl (C=O) groups excluding carboxylic acids is 1. The number of hydrogen-bond donors (Lipinski definition) is 2. The molecule has 29 heavy (non-hydrogen) atoms. The van der Waals surface area contributed by atoms with Crippen LogP contribution in [0, 0.1) is 11.7 Å². The molecule has 0 aliphatic rings. The van der Waals surface area contributed by atoms with E-state index in [2.05, 4.69) is 26.2 Å². The van der Waals surface area contributed by atoms with Gasteiger partial charge in [0, 0.05) is 15.7 Å². The van der Waals surface area contributed by atoms with Crippen molar-refractivity contribution < 1.29 is 4.79 Å². The van der Waals surface area contributed by atoms with Crippen LogP contribution >= 0.6 is 28.1 Å². The van der Waals surface area contributed by atoms with Crippen molar-refractivity contribution in [3.8, 4) is 5.69 Å². The summed E-state index contributed by atoms with van der Waals surface area (Å²) in [6.07, 6.45) is 0. The summed E-state index contributed by atoms with van der Waals surface area (Å²) in [5.41, 5.74) is 3.13. The van der Waals surface area contributed by atoms with Crippen LogP contribution in [0.3, 0.4) is 0 Å². The Morgan fingerprint density at radius 2 is 1.83 bits per heavy atom. The number of amides is 1. The molecular formula is C22H16BrN3O2S. The van der Waals surface area contributed by atoms with Crippen LogP contribution in [-0.4, -0.2) is 15.5 Å². The fraction of sp³-hybridized carbons (Fsp3) is 0.0455. The average Bonchev–Trinajstić information content (AvgIpc) is 2.71. The van der Waals surface area contributed by atoms with Crippen LogP contribution in [0.15, 0.2) is 76.0 Å². The number of carbonyl (C=O) groups is 1. The molecule has 0 unspecified atom stereocenters. The van der Waals surface area contributed by atoms with E-state index in [1.807, 2.05) is 55.5 Å². The zero-order valence-corrected chi connectivity index (χ0v) is 17.8. The smallest absolute Gasteiger partial charge is 0.266 e. The first kappa shape index (κ1) is 19.3. The second-order valence-corrected chi connectivity index (χ2v) is 7.83. The quantitative estimate of drug-likeness (QED) is 0.399. The van der Waals surface area contributed by atoms with E-state index in [0.29, 0.717) is 27.8 Å². The SMILES string of the molecule is Cc1cc(NC(=O)c2ccc3c(=O)n(-c4ccccc4)c(=S)[nH]c3c2)ccc1Br. The number of para-hydroxylation sites is 1. The van der Waals surface area contributed by atoms with Gasteiger partial charge in [-0.25, -0.2) is 0 Å². The number of aryl methyl sites for hydroxylation is 1.